The van der Waals surface area contributed by atoms with E-state index in [1.807, 2.05) is 35.7 Å². The second-order valence-electron chi connectivity index (χ2n) is 5.25. The Hall–Kier alpha value is -3.00. The van der Waals surface area contributed by atoms with E-state index in [9.17, 15) is 9.59 Å². The van der Waals surface area contributed by atoms with Crippen LogP contribution in [0.2, 0.25) is 0 Å². The fourth-order valence-corrected chi connectivity index (χ4v) is 3.30. The Morgan fingerprint density at radius 2 is 2.12 bits per heavy atom. The molecule has 0 radical (unpaired) electrons. The summed E-state index contributed by atoms with van der Waals surface area (Å²) in [5.41, 5.74) is 1.14. The number of aromatic amines is 1. The van der Waals surface area contributed by atoms with Crippen molar-refractivity contribution in [1.82, 2.24) is 25.1 Å². The summed E-state index contributed by atoms with van der Waals surface area (Å²) in [4.78, 5) is 28.6. The van der Waals surface area contributed by atoms with E-state index in [1.165, 1.54) is 9.39 Å². The number of fused-ring (bicyclic) bond motifs is 3. The van der Waals surface area contributed by atoms with E-state index in [1.54, 1.807) is 17.4 Å². The molecule has 2 N–H and O–H groups in total. The molecule has 3 aromatic heterocycles. The molecule has 1 amide bonds. The van der Waals surface area contributed by atoms with E-state index < -0.39 is 5.91 Å². The van der Waals surface area contributed by atoms with Crippen molar-refractivity contribution in [1.29, 1.82) is 0 Å². The number of aromatic nitrogens is 4. The number of thiophene rings is 1. The lowest BCUT2D eigenvalue weighted by atomic mass is 10.2. The maximum atomic E-state index is 12.4. The Morgan fingerprint density at radius 3 is 2.96 bits per heavy atom. The lowest BCUT2D eigenvalue weighted by molar-refractivity contribution is 0.0950. The molecular formula is C16H13N5O2S. The molecule has 0 saturated heterocycles. The van der Waals surface area contributed by atoms with Crippen molar-refractivity contribution in [3.05, 3.63) is 62.7 Å². The zero-order valence-corrected chi connectivity index (χ0v) is 13.3. The van der Waals surface area contributed by atoms with Crippen molar-refractivity contribution in [3.63, 3.8) is 0 Å². The molecule has 4 aromatic rings. The predicted molar refractivity (Wildman–Crippen MR) is 91.5 cm³/mol. The van der Waals surface area contributed by atoms with Crippen LogP contribution in [0.3, 0.4) is 0 Å². The maximum absolute atomic E-state index is 12.4. The van der Waals surface area contributed by atoms with E-state index in [-0.39, 0.29) is 16.8 Å². The zero-order valence-electron chi connectivity index (χ0n) is 12.5. The first kappa shape index (κ1) is 14.6. The normalized spacial score (nSPS) is 11.2. The Kier molecular flexibility index (Phi) is 3.58. The van der Waals surface area contributed by atoms with Gasteiger partial charge in [0.25, 0.3) is 11.5 Å². The fourth-order valence-electron chi connectivity index (χ4n) is 2.59. The van der Waals surface area contributed by atoms with Crippen LogP contribution >= 0.6 is 11.3 Å². The maximum Gasteiger partial charge on any atom is 0.277 e. The third-order valence-corrected chi connectivity index (χ3v) is 4.65. The average Bonchev–Trinajstić information content (AvgIpc) is 3.25. The van der Waals surface area contributed by atoms with Gasteiger partial charge in [0.1, 0.15) is 0 Å². The molecule has 1 aromatic carbocycles. The lowest BCUT2D eigenvalue weighted by Crippen LogP contribution is -2.27. The molecule has 0 aliphatic heterocycles. The van der Waals surface area contributed by atoms with Gasteiger partial charge in [-0.3, -0.25) is 9.59 Å². The van der Waals surface area contributed by atoms with Crippen molar-refractivity contribution in [2.24, 2.45) is 0 Å². The van der Waals surface area contributed by atoms with Crippen LogP contribution in [-0.4, -0.2) is 32.3 Å². The second-order valence-corrected chi connectivity index (χ2v) is 6.29. The minimum Gasteiger partial charge on any atom is -0.350 e. The molecule has 0 saturated carbocycles. The second kappa shape index (κ2) is 5.89. The van der Waals surface area contributed by atoms with E-state index in [4.69, 9.17) is 0 Å². The molecule has 7 nitrogen and oxygen atoms in total. The van der Waals surface area contributed by atoms with Crippen LogP contribution in [0.25, 0.3) is 16.6 Å². The quantitative estimate of drug-likeness (QED) is 0.591. The van der Waals surface area contributed by atoms with Gasteiger partial charge in [-0.15, -0.1) is 16.4 Å². The average molecular weight is 339 g/mol. The van der Waals surface area contributed by atoms with Crippen LogP contribution in [0.4, 0.5) is 0 Å². The zero-order chi connectivity index (χ0) is 16.5. The van der Waals surface area contributed by atoms with E-state index >= 15 is 0 Å². The monoisotopic (exact) mass is 339 g/mol. The molecule has 0 aliphatic carbocycles. The van der Waals surface area contributed by atoms with Crippen LogP contribution < -0.4 is 10.9 Å². The minimum absolute atomic E-state index is 0.0354. The van der Waals surface area contributed by atoms with Gasteiger partial charge in [-0.05, 0) is 30.0 Å². The Bertz CT molecular complexity index is 1080. The smallest absolute Gasteiger partial charge is 0.277 e. The Labute approximate surface area is 139 Å². The Morgan fingerprint density at radius 1 is 1.25 bits per heavy atom. The summed E-state index contributed by atoms with van der Waals surface area (Å²) in [7, 11) is 0. The molecule has 0 atom stereocenters. The topological polar surface area (TPSA) is 92.2 Å². The van der Waals surface area contributed by atoms with E-state index in [0.717, 1.165) is 6.42 Å². The van der Waals surface area contributed by atoms with Gasteiger partial charge < -0.3 is 10.3 Å². The van der Waals surface area contributed by atoms with Crippen LogP contribution in [0.5, 0.6) is 0 Å². The van der Waals surface area contributed by atoms with Gasteiger partial charge in [0.2, 0.25) is 0 Å². The number of nitrogens with zero attached hydrogens (tertiary/aromatic N) is 3. The van der Waals surface area contributed by atoms with Gasteiger partial charge in [0.05, 0.1) is 11.0 Å². The summed E-state index contributed by atoms with van der Waals surface area (Å²) in [5.74, 6) is -0.401. The first-order chi connectivity index (χ1) is 11.7. The molecule has 120 valence electrons. The van der Waals surface area contributed by atoms with Crippen LogP contribution in [0.1, 0.15) is 15.4 Å². The number of amides is 1. The van der Waals surface area contributed by atoms with Crippen molar-refractivity contribution in [2.75, 3.05) is 6.54 Å². The van der Waals surface area contributed by atoms with Gasteiger partial charge in [-0.25, -0.2) is 4.52 Å². The van der Waals surface area contributed by atoms with Crippen LogP contribution in [-0.2, 0) is 6.42 Å². The summed E-state index contributed by atoms with van der Waals surface area (Å²) in [6, 6.07) is 11.2. The highest BCUT2D eigenvalue weighted by molar-refractivity contribution is 7.09. The number of hydrogen-bond donors (Lipinski definition) is 2. The first-order valence-corrected chi connectivity index (χ1v) is 8.29. The summed E-state index contributed by atoms with van der Waals surface area (Å²) >= 11 is 1.64. The molecule has 8 heteroatoms. The highest BCUT2D eigenvalue weighted by atomic mass is 32.1. The van der Waals surface area contributed by atoms with Crippen molar-refractivity contribution < 1.29 is 4.79 Å². The number of para-hydroxylation sites is 2. The van der Waals surface area contributed by atoms with Gasteiger partial charge in [-0.2, -0.15) is 0 Å². The van der Waals surface area contributed by atoms with Gasteiger partial charge >= 0.3 is 0 Å². The standard InChI is InChI=1S/C16H13N5O2S/c22-15(17-8-7-10-4-3-9-24-10)13-14-16(23)18-11-5-1-2-6-12(11)21(14)20-19-13/h1-6,9H,7-8H2,(H,17,22)(H,18,23). The van der Waals surface area contributed by atoms with Crippen molar-refractivity contribution in [3.8, 4) is 0 Å². The molecule has 24 heavy (non-hydrogen) atoms. The van der Waals surface area contributed by atoms with Crippen LogP contribution in [0.15, 0.2) is 46.6 Å². The molecule has 0 spiro atoms. The largest absolute Gasteiger partial charge is 0.350 e. The molecule has 0 bridgehead atoms. The summed E-state index contributed by atoms with van der Waals surface area (Å²) in [6.07, 6.45) is 0.738. The first-order valence-electron chi connectivity index (χ1n) is 7.41. The van der Waals surface area contributed by atoms with Gasteiger partial charge in [0.15, 0.2) is 11.2 Å². The summed E-state index contributed by atoms with van der Waals surface area (Å²) < 4.78 is 1.41. The van der Waals surface area contributed by atoms with Gasteiger partial charge in [-0.1, -0.05) is 23.4 Å². The van der Waals surface area contributed by atoms with Crippen LogP contribution in [0, 0.1) is 0 Å². The molecular weight excluding hydrogens is 326 g/mol. The van der Waals surface area contributed by atoms with E-state index in [0.29, 0.717) is 17.6 Å². The molecule has 0 fully saturated rings. The Balaban J connectivity index is 1.65. The summed E-state index contributed by atoms with van der Waals surface area (Å²) in [5, 5.41) is 12.7. The third kappa shape index (κ3) is 2.46. The fraction of sp³-hybridized carbons (Fsp3) is 0.125. The van der Waals surface area contributed by atoms with Crippen molar-refractivity contribution in [2.45, 2.75) is 6.42 Å². The van der Waals surface area contributed by atoms with E-state index in [2.05, 4.69) is 20.6 Å². The van der Waals surface area contributed by atoms with Crippen molar-refractivity contribution >= 4 is 33.8 Å². The minimum atomic E-state index is -0.401. The SMILES string of the molecule is O=C(NCCc1cccs1)c1nnn2c1c(=O)[nH]c1ccccc12. The lowest BCUT2D eigenvalue weighted by Gasteiger charge is -2.03. The highest BCUT2D eigenvalue weighted by Gasteiger charge is 2.19. The highest BCUT2D eigenvalue weighted by Crippen LogP contribution is 2.12. The third-order valence-electron chi connectivity index (χ3n) is 3.72. The number of rotatable bonds is 4. The predicted octanol–water partition coefficient (Wildman–Crippen LogP) is 1.60. The number of carbonyl (C=O) groups excluding carboxylic acids is 1. The number of hydrogen-bond acceptors (Lipinski definition) is 5. The number of H-pyrrole nitrogens is 1. The summed E-state index contributed by atoms with van der Waals surface area (Å²) in [6.45, 7) is 0.476. The number of carbonyl (C=O) groups is 1. The molecule has 3 heterocycles. The molecule has 0 unspecified atom stereocenters. The number of benzene rings is 1. The van der Waals surface area contributed by atoms with Gasteiger partial charge in [0, 0.05) is 11.4 Å². The number of nitrogens with one attached hydrogen (secondary N) is 2. The molecule has 0 aliphatic rings. The molecule has 4 rings (SSSR count).